The Labute approximate surface area is 127 Å². The molecule has 0 spiro atoms. The van der Waals surface area contributed by atoms with Gasteiger partial charge < -0.3 is 10.8 Å². The van der Waals surface area contributed by atoms with Gasteiger partial charge in [-0.2, -0.15) is 0 Å². The number of hydrogen-bond donors (Lipinski definition) is 2. The summed E-state index contributed by atoms with van der Waals surface area (Å²) in [4.78, 5) is 2.30. The summed E-state index contributed by atoms with van der Waals surface area (Å²) < 4.78 is 1.06. The molecule has 1 heterocycles. The lowest BCUT2D eigenvalue weighted by atomic mass is 9.94. The highest BCUT2D eigenvalue weighted by atomic mass is 79.9. The van der Waals surface area contributed by atoms with Crippen molar-refractivity contribution in [3.05, 3.63) is 40.4 Å². The van der Waals surface area contributed by atoms with E-state index in [2.05, 4.69) is 40.0 Å². The third kappa shape index (κ3) is 2.32. The average Bonchev–Trinajstić information content (AvgIpc) is 2.80. The zero-order valence-electron chi connectivity index (χ0n) is 11.5. The van der Waals surface area contributed by atoms with Crippen molar-refractivity contribution >= 4 is 26.7 Å². The lowest BCUT2D eigenvalue weighted by Crippen LogP contribution is -2.20. The van der Waals surface area contributed by atoms with Gasteiger partial charge in [0.1, 0.15) is 5.75 Å². The predicted octanol–water partition coefficient (Wildman–Crippen LogP) is 3.26. The summed E-state index contributed by atoms with van der Waals surface area (Å²) in [5.74, 6) is 0.893. The van der Waals surface area contributed by atoms with E-state index in [1.54, 1.807) is 6.07 Å². The molecule has 0 amide bonds. The Bertz CT molecular complexity index is 644. The number of aromatic hydroxyl groups is 1. The first kappa shape index (κ1) is 13.9. The van der Waals surface area contributed by atoms with Crippen LogP contribution in [0.25, 0.3) is 10.8 Å². The quantitative estimate of drug-likeness (QED) is 0.886. The number of nitrogens with zero attached hydrogens (tertiary/aromatic N) is 1. The maximum Gasteiger partial charge on any atom is 0.121 e. The van der Waals surface area contributed by atoms with Crippen molar-refractivity contribution in [2.24, 2.45) is 11.7 Å². The molecule has 0 aromatic heterocycles. The number of halogens is 1. The van der Waals surface area contributed by atoms with Crippen molar-refractivity contribution in [2.75, 3.05) is 20.1 Å². The normalized spacial score (nSPS) is 23.6. The molecule has 0 aliphatic carbocycles. The van der Waals surface area contributed by atoms with Crippen molar-refractivity contribution in [3.63, 3.8) is 0 Å². The van der Waals surface area contributed by atoms with Crippen LogP contribution in [0.4, 0.5) is 0 Å². The predicted molar refractivity (Wildman–Crippen MR) is 85.8 cm³/mol. The minimum atomic E-state index is 0.244. The Balaban J connectivity index is 2.13. The fourth-order valence-corrected chi connectivity index (χ4v) is 3.66. The number of phenolic OH excluding ortho intramolecular Hbond substituents is 1. The highest BCUT2D eigenvalue weighted by Gasteiger charge is 2.32. The van der Waals surface area contributed by atoms with Gasteiger partial charge in [-0.1, -0.05) is 28.1 Å². The molecular weight excluding hydrogens is 316 g/mol. The molecule has 3 rings (SSSR count). The van der Waals surface area contributed by atoms with Gasteiger partial charge in [-0.05, 0) is 54.9 Å². The molecule has 0 bridgehead atoms. The smallest absolute Gasteiger partial charge is 0.121 e. The molecule has 1 fully saturated rings. The molecule has 2 atom stereocenters. The topological polar surface area (TPSA) is 49.5 Å². The largest absolute Gasteiger partial charge is 0.508 e. The molecule has 4 heteroatoms. The zero-order chi connectivity index (χ0) is 14.3. The van der Waals surface area contributed by atoms with Crippen LogP contribution in [0.5, 0.6) is 5.75 Å². The van der Waals surface area contributed by atoms with Crippen LogP contribution in [0.3, 0.4) is 0 Å². The van der Waals surface area contributed by atoms with E-state index >= 15 is 0 Å². The SMILES string of the molecule is CN1CC(CN)CC1c1c(O)ccc2cc(Br)ccc12. The van der Waals surface area contributed by atoms with Gasteiger partial charge in [-0.25, -0.2) is 0 Å². The standard InChI is InChI=1S/C16H19BrN2O/c1-19-9-10(8-18)6-14(19)16-13-4-3-12(17)7-11(13)2-5-15(16)20/h2-5,7,10,14,20H,6,8-9,18H2,1H3. The first-order valence-electron chi connectivity index (χ1n) is 6.91. The fraction of sp³-hybridized carbons (Fsp3) is 0.375. The first-order chi connectivity index (χ1) is 9.60. The van der Waals surface area contributed by atoms with Crippen LogP contribution < -0.4 is 5.73 Å². The molecule has 2 aromatic carbocycles. The van der Waals surface area contributed by atoms with E-state index in [-0.39, 0.29) is 6.04 Å². The van der Waals surface area contributed by atoms with Crippen molar-refractivity contribution in [2.45, 2.75) is 12.5 Å². The third-order valence-corrected chi connectivity index (χ3v) is 4.80. The number of rotatable bonds is 2. The summed E-state index contributed by atoms with van der Waals surface area (Å²) in [7, 11) is 2.11. The molecule has 20 heavy (non-hydrogen) atoms. The summed E-state index contributed by atoms with van der Waals surface area (Å²) in [5, 5.41) is 12.6. The van der Waals surface area contributed by atoms with Crippen LogP contribution in [0.15, 0.2) is 34.8 Å². The van der Waals surface area contributed by atoms with Gasteiger partial charge in [0.25, 0.3) is 0 Å². The van der Waals surface area contributed by atoms with Gasteiger partial charge in [0.15, 0.2) is 0 Å². The van der Waals surface area contributed by atoms with E-state index in [4.69, 9.17) is 5.73 Å². The molecule has 106 valence electrons. The Hall–Kier alpha value is -1.10. The number of fused-ring (bicyclic) bond motifs is 1. The summed E-state index contributed by atoms with van der Waals surface area (Å²) >= 11 is 3.50. The van der Waals surface area contributed by atoms with Gasteiger partial charge >= 0.3 is 0 Å². The van der Waals surface area contributed by atoms with E-state index < -0.39 is 0 Å². The minimum Gasteiger partial charge on any atom is -0.508 e. The van der Waals surface area contributed by atoms with Crippen LogP contribution in [-0.4, -0.2) is 30.1 Å². The fourth-order valence-electron chi connectivity index (χ4n) is 3.28. The second-order valence-corrected chi connectivity index (χ2v) is 6.57. The minimum absolute atomic E-state index is 0.244. The lowest BCUT2D eigenvalue weighted by Gasteiger charge is -2.22. The Morgan fingerprint density at radius 1 is 1.35 bits per heavy atom. The second kappa shape index (κ2) is 5.35. The first-order valence-corrected chi connectivity index (χ1v) is 7.71. The van der Waals surface area contributed by atoms with E-state index in [9.17, 15) is 5.11 Å². The Morgan fingerprint density at radius 2 is 2.15 bits per heavy atom. The summed E-state index contributed by atoms with van der Waals surface area (Å²) in [5.41, 5.74) is 6.85. The molecule has 3 nitrogen and oxygen atoms in total. The van der Waals surface area contributed by atoms with Gasteiger partial charge in [0.05, 0.1) is 0 Å². The van der Waals surface area contributed by atoms with Crippen LogP contribution in [0.2, 0.25) is 0 Å². The second-order valence-electron chi connectivity index (χ2n) is 5.66. The summed E-state index contributed by atoms with van der Waals surface area (Å²) in [6.07, 6.45) is 1.01. The van der Waals surface area contributed by atoms with Crippen LogP contribution >= 0.6 is 15.9 Å². The van der Waals surface area contributed by atoms with Crippen LogP contribution in [0.1, 0.15) is 18.0 Å². The number of likely N-dealkylation sites (tertiary alicyclic amines) is 1. The van der Waals surface area contributed by atoms with Crippen molar-refractivity contribution in [1.82, 2.24) is 4.90 Å². The number of nitrogens with two attached hydrogens (primary N) is 1. The van der Waals surface area contributed by atoms with Crippen molar-refractivity contribution in [3.8, 4) is 5.75 Å². The third-order valence-electron chi connectivity index (χ3n) is 4.30. The van der Waals surface area contributed by atoms with Crippen LogP contribution in [0, 0.1) is 5.92 Å². The molecule has 1 aliphatic rings. The van der Waals surface area contributed by atoms with E-state index in [1.807, 2.05) is 12.1 Å². The average molecular weight is 335 g/mol. The summed E-state index contributed by atoms with van der Waals surface area (Å²) in [6, 6.07) is 10.2. The van der Waals surface area contributed by atoms with Crippen LogP contribution in [-0.2, 0) is 0 Å². The molecule has 1 aliphatic heterocycles. The van der Waals surface area contributed by atoms with Crippen molar-refractivity contribution in [1.29, 1.82) is 0 Å². The van der Waals surface area contributed by atoms with Gasteiger partial charge in [0.2, 0.25) is 0 Å². The zero-order valence-corrected chi connectivity index (χ0v) is 13.1. The Morgan fingerprint density at radius 3 is 2.85 bits per heavy atom. The summed E-state index contributed by atoms with van der Waals surface area (Å²) in [6.45, 7) is 1.70. The van der Waals surface area contributed by atoms with Gasteiger partial charge in [-0.3, -0.25) is 4.90 Å². The number of phenols is 1. The van der Waals surface area contributed by atoms with E-state index in [0.29, 0.717) is 18.2 Å². The molecule has 1 saturated heterocycles. The molecule has 2 aromatic rings. The molecular formula is C16H19BrN2O. The molecule has 0 radical (unpaired) electrons. The van der Waals surface area contributed by atoms with E-state index in [0.717, 1.165) is 33.8 Å². The molecule has 3 N–H and O–H groups in total. The number of benzene rings is 2. The Kier molecular flexibility index (Phi) is 3.71. The highest BCUT2D eigenvalue weighted by Crippen LogP contribution is 2.42. The maximum atomic E-state index is 10.3. The van der Waals surface area contributed by atoms with Gasteiger partial charge in [-0.15, -0.1) is 0 Å². The number of hydrogen-bond acceptors (Lipinski definition) is 3. The lowest BCUT2D eigenvalue weighted by molar-refractivity contribution is 0.307. The monoisotopic (exact) mass is 334 g/mol. The maximum absolute atomic E-state index is 10.3. The highest BCUT2D eigenvalue weighted by molar-refractivity contribution is 9.10. The van der Waals surface area contributed by atoms with Gasteiger partial charge in [0, 0.05) is 22.6 Å². The molecule has 0 saturated carbocycles. The molecule has 2 unspecified atom stereocenters. The van der Waals surface area contributed by atoms with E-state index in [1.165, 1.54) is 0 Å². The van der Waals surface area contributed by atoms with Crippen molar-refractivity contribution < 1.29 is 5.11 Å².